The number of halogens is 1. The van der Waals surface area contributed by atoms with Crippen molar-refractivity contribution < 1.29 is 13.9 Å². The fourth-order valence-electron chi connectivity index (χ4n) is 2.90. The number of guanidine groups is 1. The minimum absolute atomic E-state index is 0.0395. The maximum absolute atomic E-state index is 13.2. The molecule has 0 saturated carbocycles. The van der Waals surface area contributed by atoms with Crippen LogP contribution in [0.3, 0.4) is 0 Å². The molecule has 0 fully saturated rings. The van der Waals surface area contributed by atoms with Crippen molar-refractivity contribution >= 4 is 17.6 Å². The average Bonchev–Trinajstić information content (AvgIpc) is 2.69. The number of aliphatic imine (C=N–C) groups is 1. The Morgan fingerprint density at radius 1 is 1.22 bits per heavy atom. The summed E-state index contributed by atoms with van der Waals surface area (Å²) in [4.78, 5) is 18.1. The zero-order valence-electron chi connectivity index (χ0n) is 15.2. The number of amides is 1. The lowest BCUT2D eigenvalue weighted by molar-refractivity contribution is -0.121. The maximum Gasteiger partial charge on any atom is 0.265 e. The van der Waals surface area contributed by atoms with Gasteiger partial charge in [0.15, 0.2) is 12.6 Å². The van der Waals surface area contributed by atoms with Gasteiger partial charge in [0.25, 0.3) is 5.91 Å². The monoisotopic (exact) mass is 370 g/mol. The largest absolute Gasteiger partial charge is 0.482 e. The molecule has 2 N–H and O–H groups in total. The van der Waals surface area contributed by atoms with Crippen LogP contribution in [0.5, 0.6) is 5.75 Å². The number of hydrogen-bond acceptors (Lipinski definition) is 3. The fourth-order valence-corrected chi connectivity index (χ4v) is 2.90. The molecule has 7 heteroatoms. The molecule has 27 heavy (non-hydrogen) atoms. The van der Waals surface area contributed by atoms with Crippen molar-refractivity contribution in [2.24, 2.45) is 4.99 Å². The van der Waals surface area contributed by atoms with Gasteiger partial charge in [-0.3, -0.25) is 9.79 Å². The molecule has 1 heterocycles. The van der Waals surface area contributed by atoms with E-state index in [0.29, 0.717) is 25.6 Å². The molecule has 0 aromatic heterocycles. The molecule has 142 valence electrons. The Labute approximate surface area is 158 Å². The Bertz CT molecular complexity index is 825. The van der Waals surface area contributed by atoms with Crippen LogP contribution >= 0.6 is 0 Å². The third-order valence-electron chi connectivity index (χ3n) is 4.23. The van der Waals surface area contributed by atoms with Crippen molar-refractivity contribution in [3.63, 3.8) is 0 Å². The van der Waals surface area contributed by atoms with Crippen molar-refractivity contribution in [1.29, 1.82) is 0 Å². The normalized spacial score (nSPS) is 13.8. The fraction of sp³-hybridized carbons (Fsp3) is 0.300. The Morgan fingerprint density at radius 3 is 2.89 bits per heavy atom. The van der Waals surface area contributed by atoms with Crippen LogP contribution in [0, 0.1) is 5.82 Å². The van der Waals surface area contributed by atoms with Gasteiger partial charge in [0.05, 0.1) is 5.69 Å². The Morgan fingerprint density at radius 2 is 2.07 bits per heavy atom. The van der Waals surface area contributed by atoms with Gasteiger partial charge >= 0.3 is 0 Å². The van der Waals surface area contributed by atoms with Gasteiger partial charge in [0, 0.05) is 26.7 Å². The molecule has 1 amide bonds. The zero-order chi connectivity index (χ0) is 19.1. The lowest BCUT2D eigenvalue weighted by Gasteiger charge is -2.29. The van der Waals surface area contributed by atoms with Gasteiger partial charge in [-0.1, -0.05) is 24.3 Å². The second-order valence-corrected chi connectivity index (χ2v) is 6.14. The Hall–Kier alpha value is -3.09. The summed E-state index contributed by atoms with van der Waals surface area (Å²) < 4.78 is 18.7. The standard InChI is InChI=1S/C20H23FN4O2/c1-22-20(24-13-15-6-4-7-16(21)12-15)23-10-5-11-25-17-8-2-3-9-18(17)27-14-19(25)26/h2-4,6-9,12H,5,10-11,13-14H2,1H3,(H2,22,23,24). The van der Waals surface area contributed by atoms with E-state index in [9.17, 15) is 9.18 Å². The van der Waals surface area contributed by atoms with Crippen molar-refractivity contribution in [2.75, 3.05) is 31.6 Å². The van der Waals surface area contributed by atoms with Crippen LogP contribution < -0.4 is 20.3 Å². The number of benzene rings is 2. The number of nitrogens with zero attached hydrogens (tertiary/aromatic N) is 2. The van der Waals surface area contributed by atoms with Gasteiger partial charge in [-0.15, -0.1) is 0 Å². The molecular weight excluding hydrogens is 347 g/mol. The summed E-state index contributed by atoms with van der Waals surface area (Å²) in [5, 5.41) is 6.36. The van der Waals surface area contributed by atoms with Crippen LogP contribution in [-0.2, 0) is 11.3 Å². The maximum atomic E-state index is 13.2. The predicted octanol–water partition coefficient (Wildman–Crippen LogP) is 2.31. The highest BCUT2D eigenvalue weighted by atomic mass is 19.1. The first-order valence-electron chi connectivity index (χ1n) is 8.88. The zero-order valence-corrected chi connectivity index (χ0v) is 15.2. The summed E-state index contributed by atoms with van der Waals surface area (Å²) >= 11 is 0. The van der Waals surface area contributed by atoms with Crippen LogP contribution in [0.1, 0.15) is 12.0 Å². The number of nitrogens with one attached hydrogen (secondary N) is 2. The van der Waals surface area contributed by atoms with E-state index in [-0.39, 0.29) is 18.3 Å². The van der Waals surface area contributed by atoms with Crippen molar-refractivity contribution in [3.8, 4) is 5.75 Å². The molecular formula is C20H23FN4O2. The molecule has 2 aromatic carbocycles. The SMILES string of the molecule is CN=C(NCCCN1C(=O)COc2ccccc21)NCc1cccc(F)c1. The second kappa shape index (κ2) is 9.02. The van der Waals surface area contributed by atoms with Gasteiger partial charge in [0.2, 0.25) is 0 Å². The summed E-state index contributed by atoms with van der Waals surface area (Å²) in [6, 6.07) is 14.0. The molecule has 0 spiro atoms. The highest BCUT2D eigenvalue weighted by Gasteiger charge is 2.24. The first-order valence-corrected chi connectivity index (χ1v) is 8.88. The van der Waals surface area contributed by atoms with Crippen LogP contribution in [0.4, 0.5) is 10.1 Å². The molecule has 0 unspecified atom stereocenters. The van der Waals surface area contributed by atoms with Crippen molar-refractivity contribution in [2.45, 2.75) is 13.0 Å². The number of ether oxygens (including phenoxy) is 1. The predicted molar refractivity (Wildman–Crippen MR) is 104 cm³/mol. The number of carbonyl (C=O) groups is 1. The summed E-state index contributed by atoms with van der Waals surface area (Å²) in [6.45, 7) is 1.79. The number of para-hydroxylation sites is 2. The van der Waals surface area contributed by atoms with Crippen molar-refractivity contribution in [3.05, 3.63) is 59.9 Å². The molecule has 0 aliphatic carbocycles. The molecule has 2 aromatic rings. The number of anilines is 1. The number of fused-ring (bicyclic) bond motifs is 1. The summed E-state index contributed by atoms with van der Waals surface area (Å²) in [6.07, 6.45) is 0.751. The molecule has 1 aliphatic rings. The highest BCUT2D eigenvalue weighted by molar-refractivity contribution is 5.97. The van der Waals surface area contributed by atoms with E-state index in [1.807, 2.05) is 30.3 Å². The number of rotatable bonds is 6. The van der Waals surface area contributed by atoms with Gasteiger partial charge in [-0.05, 0) is 36.2 Å². The number of hydrogen-bond donors (Lipinski definition) is 2. The van der Waals surface area contributed by atoms with Gasteiger partial charge in [-0.25, -0.2) is 4.39 Å². The lowest BCUT2D eigenvalue weighted by atomic mass is 10.2. The van der Waals surface area contributed by atoms with E-state index in [4.69, 9.17) is 4.74 Å². The minimum atomic E-state index is -0.257. The number of carbonyl (C=O) groups excluding carboxylic acids is 1. The smallest absolute Gasteiger partial charge is 0.265 e. The molecule has 0 radical (unpaired) electrons. The molecule has 0 bridgehead atoms. The van der Waals surface area contributed by atoms with Crippen LogP contribution in [-0.4, -0.2) is 38.6 Å². The topological polar surface area (TPSA) is 66.0 Å². The van der Waals surface area contributed by atoms with Crippen molar-refractivity contribution in [1.82, 2.24) is 10.6 Å². The molecule has 6 nitrogen and oxygen atoms in total. The van der Waals surface area contributed by atoms with E-state index >= 15 is 0 Å². The quantitative estimate of drug-likeness (QED) is 0.465. The van der Waals surface area contributed by atoms with E-state index in [1.54, 1.807) is 18.0 Å². The third kappa shape index (κ3) is 4.97. The third-order valence-corrected chi connectivity index (χ3v) is 4.23. The first kappa shape index (κ1) is 18.7. The lowest BCUT2D eigenvalue weighted by Crippen LogP contribution is -2.42. The summed E-state index contributed by atoms with van der Waals surface area (Å²) in [5.41, 5.74) is 1.65. The molecule has 0 saturated heterocycles. The molecule has 1 aliphatic heterocycles. The van der Waals surface area contributed by atoms with Gasteiger partial charge in [0.1, 0.15) is 11.6 Å². The Balaban J connectivity index is 1.46. The minimum Gasteiger partial charge on any atom is -0.482 e. The molecule has 3 rings (SSSR count). The van der Waals surface area contributed by atoms with E-state index < -0.39 is 0 Å². The van der Waals surface area contributed by atoms with Gasteiger partial charge in [-0.2, -0.15) is 0 Å². The van der Waals surface area contributed by atoms with E-state index in [0.717, 1.165) is 23.4 Å². The second-order valence-electron chi connectivity index (χ2n) is 6.14. The van der Waals surface area contributed by atoms with E-state index in [1.165, 1.54) is 12.1 Å². The highest BCUT2D eigenvalue weighted by Crippen LogP contribution is 2.31. The van der Waals surface area contributed by atoms with Crippen LogP contribution in [0.25, 0.3) is 0 Å². The van der Waals surface area contributed by atoms with Crippen LogP contribution in [0.2, 0.25) is 0 Å². The van der Waals surface area contributed by atoms with Gasteiger partial charge < -0.3 is 20.3 Å². The first-order chi connectivity index (χ1) is 13.2. The van der Waals surface area contributed by atoms with E-state index in [2.05, 4.69) is 15.6 Å². The van der Waals surface area contributed by atoms with Crippen LogP contribution in [0.15, 0.2) is 53.5 Å². The average molecular weight is 370 g/mol. The molecule has 0 atom stereocenters. The Kier molecular flexibility index (Phi) is 6.25. The summed E-state index contributed by atoms with van der Waals surface area (Å²) in [7, 11) is 1.68. The summed E-state index contributed by atoms with van der Waals surface area (Å²) in [5.74, 6) is 1.07.